The van der Waals surface area contributed by atoms with E-state index in [9.17, 15) is 8.42 Å². The third-order valence-corrected chi connectivity index (χ3v) is 7.09. The highest BCUT2D eigenvalue weighted by Crippen LogP contribution is 2.38. The van der Waals surface area contributed by atoms with Crippen LogP contribution in [0.15, 0.2) is 33.8 Å². The van der Waals surface area contributed by atoms with E-state index in [4.69, 9.17) is 19.6 Å². The molecule has 0 radical (unpaired) electrons. The van der Waals surface area contributed by atoms with Gasteiger partial charge in [-0.05, 0) is 49.4 Å². The normalized spacial score (nSPS) is 20.4. The first-order chi connectivity index (χ1) is 14.9. The molecule has 168 valence electrons. The van der Waals surface area contributed by atoms with E-state index < -0.39 is 10.0 Å². The van der Waals surface area contributed by atoms with E-state index in [0.29, 0.717) is 17.9 Å². The van der Waals surface area contributed by atoms with Gasteiger partial charge in [-0.15, -0.1) is 0 Å². The van der Waals surface area contributed by atoms with Gasteiger partial charge >= 0.3 is 0 Å². The quantitative estimate of drug-likeness (QED) is 0.720. The molecule has 0 spiro atoms. The lowest BCUT2D eigenvalue weighted by Gasteiger charge is -2.21. The van der Waals surface area contributed by atoms with Crippen molar-refractivity contribution in [2.75, 3.05) is 26.7 Å². The summed E-state index contributed by atoms with van der Waals surface area (Å²) >= 11 is 0. The molecule has 1 aromatic rings. The number of pyridine rings is 1. The number of sulfonamides is 1. The highest BCUT2D eigenvalue weighted by molar-refractivity contribution is 7.89. The maximum absolute atomic E-state index is 12.2. The molecule has 0 aromatic carbocycles. The molecule has 0 saturated heterocycles. The summed E-state index contributed by atoms with van der Waals surface area (Å²) in [4.78, 5) is 11.4. The van der Waals surface area contributed by atoms with Crippen LogP contribution in [0.5, 0.6) is 11.8 Å². The summed E-state index contributed by atoms with van der Waals surface area (Å²) < 4.78 is 35.9. The van der Waals surface area contributed by atoms with Crippen LogP contribution in [0.2, 0.25) is 0 Å². The van der Waals surface area contributed by atoms with Gasteiger partial charge in [0, 0.05) is 43.4 Å². The second-order valence-electron chi connectivity index (χ2n) is 8.20. The molecule has 1 fully saturated rings. The van der Waals surface area contributed by atoms with Gasteiger partial charge in [0.25, 0.3) is 0 Å². The molecule has 0 unspecified atom stereocenters. The molecule has 0 amide bonds. The van der Waals surface area contributed by atoms with Gasteiger partial charge in [0.15, 0.2) is 0 Å². The van der Waals surface area contributed by atoms with E-state index in [1.54, 1.807) is 0 Å². The van der Waals surface area contributed by atoms with Crippen LogP contribution in [0.4, 0.5) is 0 Å². The third kappa shape index (κ3) is 4.83. The number of nitrogens with two attached hydrogens (primary N) is 1. The van der Waals surface area contributed by atoms with Crippen molar-refractivity contribution >= 4 is 21.3 Å². The standard InChI is InChI=1S/C22H30N4O4S/c1-3-26-10-8-15-12-16(14-24-19(15)9-11-26)18-13-20(31(23,27)28)22(29-2)25-21(18)30-17-6-4-5-7-17/h8,13-14,17H,3-7,9-12H2,1-2H3,(H2,23,27,28). The lowest BCUT2D eigenvalue weighted by molar-refractivity contribution is 0.198. The molecular formula is C22H30N4O4S. The minimum absolute atomic E-state index is 0.0490. The Morgan fingerprint density at radius 1 is 1.23 bits per heavy atom. The predicted octanol–water partition coefficient (Wildman–Crippen LogP) is 2.90. The van der Waals surface area contributed by atoms with Crippen molar-refractivity contribution in [3.05, 3.63) is 29.5 Å². The van der Waals surface area contributed by atoms with E-state index in [1.807, 2.05) is 6.20 Å². The number of aliphatic imine (C=N–C) groups is 1. The maximum atomic E-state index is 12.2. The van der Waals surface area contributed by atoms with Crippen LogP contribution in [0.1, 0.15) is 51.0 Å². The number of ether oxygens (including phenoxy) is 2. The fraction of sp³-hybridized carbons (Fsp3) is 0.545. The Kier molecular flexibility index (Phi) is 6.45. The number of hydrogen-bond donors (Lipinski definition) is 1. The predicted molar refractivity (Wildman–Crippen MR) is 120 cm³/mol. The molecule has 8 nitrogen and oxygen atoms in total. The number of aromatic nitrogens is 1. The first kappa shape index (κ1) is 22.0. The molecule has 9 heteroatoms. The van der Waals surface area contributed by atoms with Crippen molar-refractivity contribution in [2.24, 2.45) is 10.1 Å². The summed E-state index contributed by atoms with van der Waals surface area (Å²) in [5.74, 6) is 0.331. The van der Waals surface area contributed by atoms with Crippen molar-refractivity contribution in [3.63, 3.8) is 0 Å². The van der Waals surface area contributed by atoms with Gasteiger partial charge in [0.1, 0.15) is 11.0 Å². The number of methoxy groups -OCH3 is 1. The van der Waals surface area contributed by atoms with Gasteiger partial charge in [-0.1, -0.05) is 13.0 Å². The van der Waals surface area contributed by atoms with Crippen molar-refractivity contribution < 1.29 is 17.9 Å². The largest absolute Gasteiger partial charge is 0.480 e. The molecule has 4 rings (SSSR count). The Balaban J connectivity index is 1.76. The van der Waals surface area contributed by atoms with Gasteiger partial charge in [-0.25, -0.2) is 13.6 Å². The van der Waals surface area contributed by atoms with Crippen LogP contribution in [0.3, 0.4) is 0 Å². The molecule has 1 saturated carbocycles. The average Bonchev–Trinajstić information content (AvgIpc) is 3.17. The lowest BCUT2D eigenvalue weighted by Crippen LogP contribution is -2.24. The second kappa shape index (κ2) is 9.10. The number of hydrogen-bond acceptors (Lipinski definition) is 7. The Morgan fingerprint density at radius 3 is 2.68 bits per heavy atom. The number of nitrogens with zero attached hydrogens (tertiary/aromatic N) is 3. The monoisotopic (exact) mass is 446 g/mol. The summed E-state index contributed by atoms with van der Waals surface area (Å²) in [6.07, 6.45) is 9.79. The summed E-state index contributed by atoms with van der Waals surface area (Å²) in [7, 11) is -2.64. The Labute approximate surface area is 183 Å². The smallest absolute Gasteiger partial charge is 0.243 e. The van der Waals surface area contributed by atoms with Crippen LogP contribution >= 0.6 is 0 Å². The lowest BCUT2D eigenvalue weighted by atomic mass is 9.93. The minimum atomic E-state index is -4.02. The van der Waals surface area contributed by atoms with E-state index >= 15 is 0 Å². The number of fused-ring (bicyclic) bond motifs is 1. The zero-order valence-corrected chi connectivity index (χ0v) is 19.0. The van der Waals surface area contributed by atoms with Gasteiger partial charge in [0.2, 0.25) is 21.8 Å². The van der Waals surface area contributed by atoms with Crippen LogP contribution in [-0.4, -0.2) is 56.9 Å². The van der Waals surface area contributed by atoms with E-state index in [2.05, 4.69) is 22.9 Å². The molecule has 0 bridgehead atoms. The molecule has 1 aliphatic carbocycles. The van der Waals surface area contributed by atoms with Crippen LogP contribution in [0.25, 0.3) is 5.57 Å². The fourth-order valence-electron chi connectivity index (χ4n) is 4.35. The molecule has 2 N–H and O–H groups in total. The van der Waals surface area contributed by atoms with Crippen LogP contribution in [-0.2, 0) is 10.0 Å². The zero-order valence-electron chi connectivity index (χ0n) is 18.1. The van der Waals surface area contributed by atoms with Crippen molar-refractivity contribution in [3.8, 4) is 11.8 Å². The Hall–Kier alpha value is -2.23. The van der Waals surface area contributed by atoms with Crippen molar-refractivity contribution in [1.29, 1.82) is 0 Å². The summed E-state index contributed by atoms with van der Waals surface area (Å²) in [5, 5.41) is 5.45. The Bertz CT molecular complexity index is 1040. The minimum Gasteiger partial charge on any atom is -0.480 e. The molecule has 1 aromatic heterocycles. The maximum Gasteiger partial charge on any atom is 0.243 e. The summed E-state index contributed by atoms with van der Waals surface area (Å²) in [5.41, 5.74) is 3.74. The van der Waals surface area contributed by atoms with Crippen molar-refractivity contribution in [1.82, 2.24) is 9.88 Å². The SMILES string of the molecule is CCN1CC=C2CC(c3cc(S(N)(=O)=O)c(OC)nc3OC3CCCC3)=CN=C2CC1. The highest BCUT2D eigenvalue weighted by atomic mass is 32.2. The summed E-state index contributed by atoms with van der Waals surface area (Å²) in [6.45, 7) is 5.02. The fourth-order valence-corrected chi connectivity index (χ4v) is 5.00. The van der Waals surface area contributed by atoms with E-state index in [-0.39, 0.29) is 16.9 Å². The highest BCUT2D eigenvalue weighted by Gasteiger charge is 2.28. The number of likely N-dealkylation sites (N-methyl/N-ethyl adjacent to an activating group) is 1. The Morgan fingerprint density at radius 2 is 2.00 bits per heavy atom. The van der Waals surface area contributed by atoms with E-state index in [0.717, 1.165) is 63.0 Å². The second-order valence-corrected chi connectivity index (χ2v) is 9.73. The van der Waals surface area contributed by atoms with Gasteiger partial charge in [-0.2, -0.15) is 4.98 Å². The van der Waals surface area contributed by atoms with Crippen molar-refractivity contribution in [2.45, 2.75) is 56.4 Å². The molecule has 3 heterocycles. The van der Waals surface area contributed by atoms with Gasteiger partial charge < -0.3 is 9.47 Å². The number of primary sulfonamides is 1. The van der Waals surface area contributed by atoms with E-state index in [1.165, 1.54) is 18.7 Å². The molecule has 0 atom stereocenters. The van der Waals surface area contributed by atoms with Gasteiger partial charge in [0.05, 0.1) is 7.11 Å². The molecule has 31 heavy (non-hydrogen) atoms. The summed E-state index contributed by atoms with van der Waals surface area (Å²) in [6, 6.07) is 1.52. The number of allylic oxidation sites excluding steroid dienone is 2. The van der Waals surface area contributed by atoms with Gasteiger partial charge in [-0.3, -0.25) is 9.89 Å². The van der Waals surface area contributed by atoms with Crippen LogP contribution < -0.4 is 14.6 Å². The first-order valence-corrected chi connectivity index (χ1v) is 12.4. The topological polar surface area (TPSA) is 107 Å². The molecule has 2 aliphatic heterocycles. The molecular weight excluding hydrogens is 416 g/mol. The number of rotatable bonds is 6. The zero-order chi connectivity index (χ0) is 22.0. The molecule has 3 aliphatic rings. The first-order valence-electron chi connectivity index (χ1n) is 10.9. The average molecular weight is 447 g/mol. The van der Waals surface area contributed by atoms with Crippen LogP contribution in [0, 0.1) is 0 Å². The third-order valence-electron chi connectivity index (χ3n) is 6.18.